The van der Waals surface area contributed by atoms with Crippen molar-refractivity contribution in [3.8, 4) is 0 Å². The number of unbranched alkanes of at least 4 members (excludes halogenated alkanes) is 1. The lowest BCUT2D eigenvalue weighted by molar-refractivity contribution is 0.438. The van der Waals surface area contributed by atoms with Gasteiger partial charge in [-0.25, -0.2) is 0 Å². The first-order valence-electron chi connectivity index (χ1n) is 4.66. The number of hydrogen-bond acceptors (Lipinski definition) is 2. The Labute approximate surface area is 74.7 Å². The van der Waals surface area contributed by atoms with Crippen molar-refractivity contribution in [1.29, 1.82) is 0 Å². The van der Waals surface area contributed by atoms with Crippen LogP contribution in [-0.4, -0.2) is 23.7 Å². The Morgan fingerprint density at radius 2 is 2.18 bits per heavy atom. The van der Waals surface area contributed by atoms with Gasteiger partial charge in [-0.3, -0.25) is 4.31 Å². The van der Waals surface area contributed by atoms with Crippen molar-refractivity contribution < 1.29 is 0 Å². The van der Waals surface area contributed by atoms with Crippen molar-refractivity contribution in [3.05, 3.63) is 0 Å². The Morgan fingerprint density at radius 1 is 1.45 bits per heavy atom. The normalized spacial score (nSPS) is 17.7. The fourth-order valence-corrected chi connectivity index (χ4v) is 1.85. The summed E-state index contributed by atoms with van der Waals surface area (Å²) in [7, 11) is 0. The van der Waals surface area contributed by atoms with E-state index in [0.717, 1.165) is 5.92 Å². The van der Waals surface area contributed by atoms with Crippen molar-refractivity contribution in [2.75, 3.05) is 19.3 Å². The van der Waals surface area contributed by atoms with Crippen LogP contribution in [0.1, 0.15) is 32.6 Å². The van der Waals surface area contributed by atoms with Crippen molar-refractivity contribution in [2.45, 2.75) is 32.6 Å². The molecular formula is C9H19NS. The maximum absolute atomic E-state index is 2.52. The van der Waals surface area contributed by atoms with Gasteiger partial charge in [0.25, 0.3) is 0 Å². The summed E-state index contributed by atoms with van der Waals surface area (Å²) in [5.41, 5.74) is 0. The minimum absolute atomic E-state index is 1.04. The predicted molar refractivity (Wildman–Crippen MR) is 52.7 cm³/mol. The molecule has 0 heterocycles. The van der Waals surface area contributed by atoms with Crippen LogP contribution < -0.4 is 0 Å². The molecule has 0 bridgehead atoms. The van der Waals surface area contributed by atoms with E-state index in [1.807, 2.05) is 11.9 Å². The second-order valence-corrected chi connectivity index (χ2v) is 4.25. The van der Waals surface area contributed by atoms with E-state index >= 15 is 0 Å². The molecule has 0 aliphatic heterocycles. The van der Waals surface area contributed by atoms with Gasteiger partial charge in [0.1, 0.15) is 0 Å². The fraction of sp³-hybridized carbons (Fsp3) is 1.00. The molecule has 0 aromatic carbocycles. The fourth-order valence-electron chi connectivity index (χ4n) is 1.18. The smallest absolute Gasteiger partial charge is 0.0118 e. The molecule has 0 atom stereocenters. The molecule has 66 valence electrons. The Bertz CT molecular complexity index is 102. The third-order valence-corrected chi connectivity index (χ3v) is 3.03. The van der Waals surface area contributed by atoms with Crippen LogP contribution in [0.2, 0.25) is 0 Å². The van der Waals surface area contributed by atoms with Crippen LogP contribution in [0.3, 0.4) is 0 Å². The maximum atomic E-state index is 2.52. The van der Waals surface area contributed by atoms with Crippen LogP contribution >= 0.6 is 11.9 Å². The molecule has 11 heavy (non-hydrogen) atoms. The minimum atomic E-state index is 1.04. The summed E-state index contributed by atoms with van der Waals surface area (Å²) in [6.07, 6.45) is 7.82. The summed E-state index contributed by atoms with van der Waals surface area (Å²) in [4.78, 5) is 0. The highest BCUT2D eigenvalue weighted by Gasteiger charge is 2.23. The number of rotatable bonds is 6. The van der Waals surface area contributed by atoms with E-state index in [1.165, 1.54) is 38.8 Å². The number of hydrogen-bond donors (Lipinski definition) is 0. The lowest BCUT2D eigenvalue weighted by Crippen LogP contribution is -2.19. The molecule has 0 aromatic rings. The Kier molecular flexibility index (Phi) is 4.31. The predicted octanol–water partition coefficient (Wildman–Crippen LogP) is 2.78. The third kappa shape index (κ3) is 4.02. The summed E-state index contributed by atoms with van der Waals surface area (Å²) in [6.45, 7) is 4.88. The Hall–Kier alpha value is 0.310. The first-order chi connectivity index (χ1) is 5.36. The first kappa shape index (κ1) is 9.40. The SMILES string of the molecule is CCCCN(CC1CC1)SC. The zero-order valence-corrected chi connectivity index (χ0v) is 8.49. The molecule has 0 saturated heterocycles. The highest BCUT2D eigenvalue weighted by Crippen LogP contribution is 2.31. The van der Waals surface area contributed by atoms with Gasteiger partial charge in [0.15, 0.2) is 0 Å². The van der Waals surface area contributed by atoms with E-state index in [4.69, 9.17) is 0 Å². The van der Waals surface area contributed by atoms with Crippen molar-refractivity contribution in [1.82, 2.24) is 4.31 Å². The Morgan fingerprint density at radius 3 is 2.64 bits per heavy atom. The maximum Gasteiger partial charge on any atom is 0.0118 e. The third-order valence-electron chi connectivity index (χ3n) is 2.18. The van der Waals surface area contributed by atoms with Gasteiger partial charge >= 0.3 is 0 Å². The summed E-state index contributed by atoms with van der Waals surface area (Å²) < 4.78 is 2.52. The molecule has 1 rings (SSSR count). The standard InChI is InChI=1S/C9H19NS/c1-3-4-7-10(11-2)8-9-5-6-9/h9H,3-8H2,1-2H3. The number of nitrogens with zero attached hydrogens (tertiary/aromatic N) is 1. The second-order valence-electron chi connectivity index (χ2n) is 3.37. The Balaban J connectivity index is 2.02. The average molecular weight is 173 g/mol. The van der Waals surface area contributed by atoms with Crippen LogP contribution in [0.15, 0.2) is 0 Å². The largest absolute Gasteiger partial charge is 0.251 e. The second kappa shape index (κ2) is 5.04. The molecule has 0 aromatic heterocycles. The first-order valence-corrected chi connectivity index (χ1v) is 5.84. The van der Waals surface area contributed by atoms with Gasteiger partial charge in [0, 0.05) is 13.1 Å². The molecule has 0 radical (unpaired) electrons. The van der Waals surface area contributed by atoms with Crippen LogP contribution in [-0.2, 0) is 0 Å². The van der Waals surface area contributed by atoms with Crippen LogP contribution in [0.25, 0.3) is 0 Å². The van der Waals surface area contributed by atoms with Gasteiger partial charge in [0.05, 0.1) is 0 Å². The minimum Gasteiger partial charge on any atom is -0.251 e. The molecular weight excluding hydrogens is 154 g/mol. The average Bonchev–Trinajstić information content (AvgIpc) is 2.81. The van der Waals surface area contributed by atoms with Crippen LogP contribution in [0.4, 0.5) is 0 Å². The zero-order valence-electron chi connectivity index (χ0n) is 7.68. The lowest BCUT2D eigenvalue weighted by Gasteiger charge is -2.17. The summed E-state index contributed by atoms with van der Waals surface area (Å²) in [5.74, 6) is 1.04. The highest BCUT2D eigenvalue weighted by atomic mass is 32.2. The van der Waals surface area contributed by atoms with Crippen LogP contribution in [0, 0.1) is 5.92 Å². The monoisotopic (exact) mass is 173 g/mol. The molecule has 0 N–H and O–H groups in total. The van der Waals surface area contributed by atoms with Gasteiger partial charge in [-0.2, -0.15) is 0 Å². The van der Waals surface area contributed by atoms with Crippen LogP contribution in [0.5, 0.6) is 0 Å². The quantitative estimate of drug-likeness (QED) is 0.568. The van der Waals surface area contributed by atoms with E-state index < -0.39 is 0 Å². The van der Waals surface area contributed by atoms with Gasteiger partial charge < -0.3 is 0 Å². The zero-order chi connectivity index (χ0) is 8.10. The van der Waals surface area contributed by atoms with E-state index in [-0.39, 0.29) is 0 Å². The van der Waals surface area contributed by atoms with E-state index in [1.54, 1.807) is 0 Å². The lowest BCUT2D eigenvalue weighted by atomic mass is 10.3. The van der Waals surface area contributed by atoms with Gasteiger partial charge in [-0.1, -0.05) is 25.3 Å². The molecule has 2 heteroatoms. The molecule has 1 aliphatic carbocycles. The topological polar surface area (TPSA) is 3.24 Å². The van der Waals surface area contributed by atoms with Gasteiger partial charge in [-0.15, -0.1) is 0 Å². The molecule has 1 nitrogen and oxygen atoms in total. The van der Waals surface area contributed by atoms with Gasteiger partial charge in [0.2, 0.25) is 0 Å². The van der Waals surface area contributed by atoms with Gasteiger partial charge in [-0.05, 0) is 31.4 Å². The summed E-state index contributed by atoms with van der Waals surface area (Å²) in [5, 5.41) is 0. The molecule has 1 fully saturated rings. The summed E-state index contributed by atoms with van der Waals surface area (Å²) >= 11 is 1.91. The van der Waals surface area contributed by atoms with Crippen molar-refractivity contribution in [3.63, 3.8) is 0 Å². The van der Waals surface area contributed by atoms with Crippen molar-refractivity contribution in [2.24, 2.45) is 5.92 Å². The molecule has 0 spiro atoms. The van der Waals surface area contributed by atoms with E-state index in [2.05, 4.69) is 17.5 Å². The highest BCUT2D eigenvalue weighted by molar-refractivity contribution is 7.96. The molecule has 0 amide bonds. The molecule has 1 aliphatic rings. The molecule has 1 saturated carbocycles. The summed E-state index contributed by atoms with van der Waals surface area (Å²) in [6, 6.07) is 0. The van der Waals surface area contributed by atoms with E-state index in [9.17, 15) is 0 Å². The van der Waals surface area contributed by atoms with Crippen molar-refractivity contribution >= 4 is 11.9 Å². The molecule has 0 unspecified atom stereocenters. The van der Waals surface area contributed by atoms with E-state index in [0.29, 0.717) is 0 Å².